The Morgan fingerprint density at radius 2 is 2.04 bits per heavy atom. The van der Waals surface area contributed by atoms with Crippen LogP contribution in [-0.2, 0) is 4.79 Å². The third-order valence-electron chi connectivity index (χ3n) is 3.21. The van der Waals surface area contributed by atoms with Crippen LogP contribution in [0.25, 0.3) is 11.4 Å². The number of rotatable bonds is 7. The summed E-state index contributed by atoms with van der Waals surface area (Å²) in [6, 6.07) is 11.0. The van der Waals surface area contributed by atoms with Gasteiger partial charge in [-0.3, -0.25) is 14.9 Å². The second-order valence-electron chi connectivity index (χ2n) is 4.97. The van der Waals surface area contributed by atoms with E-state index in [0.29, 0.717) is 29.0 Å². The predicted octanol–water partition coefficient (Wildman–Crippen LogP) is 3.00. The van der Waals surface area contributed by atoms with Gasteiger partial charge in [-0.1, -0.05) is 23.9 Å². The van der Waals surface area contributed by atoms with Crippen LogP contribution in [0.4, 0.5) is 5.69 Å². The van der Waals surface area contributed by atoms with Crippen molar-refractivity contribution in [1.29, 1.82) is 0 Å². The van der Waals surface area contributed by atoms with Gasteiger partial charge in [-0.15, -0.1) is 5.10 Å². The van der Waals surface area contributed by atoms with Crippen LogP contribution in [0.3, 0.4) is 0 Å². The number of para-hydroxylation sites is 2. The highest BCUT2D eigenvalue weighted by Gasteiger charge is 2.11. The summed E-state index contributed by atoms with van der Waals surface area (Å²) in [5.74, 6) is 1.36. The first-order chi connectivity index (χ1) is 12.3. The SMILES string of the molecule is CCOc1ccccc1NC(=O)CSc1n[nH]c(-c2ccncc2)n1. The molecular formula is C17H17N5O2S. The molecule has 3 aromatic rings. The van der Waals surface area contributed by atoms with Crippen LogP contribution in [0, 0.1) is 0 Å². The van der Waals surface area contributed by atoms with Crippen molar-refractivity contribution in [1.82, 2.24) is 20.2 Å². The first-order valence-corrected chi connectivity index (χ1v) is 8.72. The fourth-order valence-electron chi connectivity index (χ4n) is 2.12. The normalized spacial score (nSPS) is 10.4. The quantitative estimate of drug-likeness (QED) is 0.633. The lowest BCUT2D eigenvalue weighted by Crippen LogP contribution is -2.15. The van der Waals surface area contributed by atoms with Crippen LogP contribution in [0.5, 0.6) is 5.75 Å². The lowest BCUT2D eigenvalue weighted by Gasteiger charge is -2.10. The Kier molecular flexibility index (Phi) is 5.63. The number of thioether (sulfide) groups is 1. The van der Waals surface area contributed by atoms with Gasteiger partial charge in [0.2, 0.25) is 11.1 Å². The van der Waals surface area contributed by atoms with Gasteiger partial charge in [-0.05, 0) is 31.2 Å². The molecule has 3 rings (SSSR count). The van der Waals surface area contributed by atoms with Crippen LogP contribution in [0.2, 0.25) is 0 Å². The van der Waals surface area contributed by atoms with Crippen LogP contribution in [0.15, 0.2) is 53.9 Å². The van der Waals surface area contributed by atoms with Gasteiger partial charge in [-0.2, -0.15) is 0 Å². The van der Waals surface area contributed by atoms with E-state index in [-0.39, 0.29) is 11.7 Å². The second kappa shape index (κ2) is 8.29. The number of carbonyl (C=O) groups excluding carboxylic acids is 1. The predicted molar refractivity (Wildman–Crippen MR) is 96.6 cm³/mol. The summed E-state index contributed by atoms with van der Waals surface area (Å²) in [5, 5.41) is 10.3. The third-order valence-corrected chi connectivity index (χ3v) is 4.06. The van der Waals surface area contributed by atoms with Crippen molar-refractivity contribution in [2.75, 3.05) is 17.7 Å². The van der Waals surface area contributed by atoms with Crippen molar-refractivity contribution in [3.05, 3.63) is 48.8 Å². The minimum atomic E-state index is -0.146. The summed E-state index contributed by atoms with van der Waals surface area (Å²) in [4.78, 5) is 20.5. The molecule has 0 aliphatic carbocycles. The molecular weight excluding hydrogens is 338 g/mol. The first-order valence-electron chi connectivity index (χ1n) is 7.73. The number of benzene rings is 1. The summed E-state index contributed by atoms with van der Waals surface area (Å²) in [6.07, 6.45) is 3.38. The molecule has 1 amide bonds. The fourth-order valence-corrected chi connectivity index (χ4v) is 2.72. The number of nitrogens with one attached hydrogen (secondary N) is 2. The molecule has 128 valence electrons. The lowest BCUT2D eigenvalue weighted by molar-refractivity contribution is -0.113. The Bertz CT molecular complexity index is 838. The van der Waals surface area contributed by atoms with Crippen molar-refractivity contribution in [2.45, 2.75) is 12.1 Å². The van der Waals surface area contributed by atoms with E-state index in [9.17, 15) is 4.79 Å². The number of anilines is 1. The van der Waals surface area contributed by atoms with Gasteiger partial charge in [0.25, 0.3) is 0 Å². The highest BCUT2D eigenvalue weighted by Crippen LogP contribution is 2.24. The maximum Gasteiger partial charge on any atom is 0.234 e. The molecule has 2 N–H and O–H groups in total. The van der Waals surface area contributed by atoms with E-state index >= 15 is 0 Å². The average molecular weight is 355 g/mol. The van der Waals surface area contributed by atoms with Crippen LogP contribution >= 0.6 is 11.8 Å². The molecule has 0 spiro atoms. The summed E-state index contributed by atoms with van der Waals surface area (Å²) in [7, 11) is 0. The van der Waals surface area contributed by atoms with Crippen LogP contribution in [-0.4, -0.2) is 38.4 Å². The number of aromatic amines is 1. The Balaban J connectivity index is 1.57. The molecule has 0 radical (unpaired) electrons. The molecule has 1 aromatic carbocycles. The zero-order chi connectivity index (χ0) is 17.5. The molecule has 25 heavy (non-hydrogen) atoms. The van der Waals surface area contributed by atoms with Crippen LogP contribution in [0.1, 0.15) is 6.92 Å². The Morgan fingerprint density at radius 3 is 2.84 bits per heavy atom. The van der Waals surface area contributed by atoms with Gasteiger partial charge in [0.15, 0.2) is 5.82 Å². The zero-order valence-electron chi connectivity index (χ0n) is 13.6. The summed E-state index contributed by atoms with van der Waals surface area (Å²) in [6.45, 7) is 2.44. The highest BCUT2D eigenvalue weighted by atomic mass is 32.2. The number of hydrogen-bond donors (Lipinski definition) is 2. The molecule has 8 heteroatoms. The van der Waals surface area contributed by atoms with E-state index in [0.717, 1.165) is 5.56 Å². The maximum atomic E-state index is 12.2. The molecule has 7 nitrogen and oxygen atoms in total. The largest absolute Gasteiger partial charge is 0.492 e. The van der Waals surface area contributed by atoms with E-state index in [1.165, 1.54) is 11.8 Å². The zero-order valence-corrected chi connectivity index (χ0v) is 14.4. The number of hydrogen-bond acceptors (Lipinski definition) is 6. The molecule has 2 aromatic heterocycles. The molecule has 0 atom stereocenters. The number of ether oxygens (including phenoxy) is 1. The first kappa shape index (κ1) is 17.0. The average Bonchev–Trinajstić information content (AvgIpc) is 3.12. The van der Waals surface area contributed by atoms with Gasteiger partial charge < -0.3 is 10.1 Å². The van der Waals surface area contributed by atoms with E-state index in [1.807, 2.05) is 43.3 Å². The second-order valence-corrected chi connectivity index (χ2v) is 5.91. The van der Waals surface area contributed by atoms with Gasteiger partial charge in [-0.25, -0.2) is 4.98 Å². The number of H-pyrrole nitrogens is 1. The standard InChI is InChI=1S/C17H17N5O2S/c1-2-24-14-6-4-3-5-13(14)19-15(23)11-25-17-20-16(21-22-17)12-7-9-18-10-8-12/h3-10H,2,11H2,1H3,(H,19,23)(H,20,21,22). The molecule has 0 saturated heterocycles. The minimum absolute atomic E-state index is 0.146. The van der Waals surface area contributed by atoms with Crippen LogP contribution < -0.4 is 10.1 Å². The van der Waals surface area contributed by atoms with Crippen molar-refractivity contribution < 1.29 is 9.53 Å². The van der Waals surface area contributed by atoms with Gasteiger partial charge in [0.05, 0.1) is 18.0 Å². The van der Waals surface area contributed by atoms with Gasteiger partial charge in [0.1, 0.15) is 5.75 Å². The molecule has 0 saturated carbocycles. The van der Waals surface area contributed by atoms with Crippen molar-refractivity contribution in [3.63, 3.8) is 0 Å². The fraction of sp³-hybridized carbons (Fsp3) is 0.176. The summed E-state index contributed by atoms with van der Waals surface area (Å²) < 4.78 is 5.50. The van der Waals surface area contributed by atoms with Crippen molar-refractivity contribution in [3.8, 4) is 17.1 Å². The topological polar surface area (TPSA) is 92.8 Å². The number of aromatic nitrogens is 4. The number of pyridine rings is 1. The van der Waals surface area contributed by atoms with E-state index < -0.39 is 0 Å². The number of carbonyl (C=O) groups is 1. The Hall–Kier alpha value is -2.87. The summed E-state index contributed by atoms with van der Waals surface area (Å²) >= 11 is 1.26. The Labute approximate surface area is 149 Å². The smallest absolute Gasteiger partial charge is 0.234 e. The number of amides is 1. The molecule has 0 aliphatic heterocycles. The highest BCUT2D eigenvalue weighted by molar-refractivity contribution is 7.99. The lowest BCUT2D eigenvalue weighted by atomic mass is 10.3. The molecule has 0 bridgehead atoms. The summed E-state index contributed by atoms with van der Waals surface area (Å²) in [5.41, 5.74) is 1.55. The monoisotopic (exact) mass is 355 g/mol. The van der Waals surface area contributed by atoms with Gasteiger partial charge >= 0.3 is 0 Å². The molecule has 0 unspecified atom stereocenters. The van der Waals surface area contributed by atoms with E-state index in [2.05, 4.69) is 25.5 Å². The van der Waals surface area contributed by atoms with E-state index in [4.69, 9.17) is 4.74 Å². The van der Waals surface area contributed by atoms with Gasteiger partial charge in [0, 0.05) is 18.0 Å². The third kappa shape index (κ3) is 4.57. The molecule has 2 heterocycles. The molecule has 0 aliphatic rings. The van der Waals surface area contributed by atoms with E-state index in [1.54, 1.807) is 12.4 Å². The van der Waals surface area contributed by atoms with Crippen molar-refractivity contribution >= 4 is 23.4 Å². The molecule has 0 fully saturated rings. The number of nitrogens with zero attached hydrogens (tertiary/aromatic N) is 3. The maximum absolute atomic E-state index is 12.2. The minimum Gasteiger partial charge on any atom is -0.492 e. The Morgan fingerprint density at radius 1 is 1.24 bits per heavy atom. The van der Waals surface area contributed by atoms with Crippen molar-refractivity contribution in [2.24, 2.45) is 0 Å².